The molecule has 0 atom stereocenters. The summed E-state index contributed by atoms with van der Waals surface area (Å²) in [6, 6.07) is 3.69. The van der Waals surface area contributed by atoms with Crippen molar-refractivity contribution >= 4 is 0 Å². The Morgan fingerprint density at radius 3 is 2.80 bits per heavy atom. The number of rotatable bonds is 3. The van der Waals surface area contributed by atoms with Gasteiger partial charge in [-0.3, -0.25) is 0 Å². The van der Waals surface area contributed by atoms with E-state index in [1.165, 1.54) is 0 Å². The molecular formula is C11H11NO3. The fourth-order valence-corrected chi connectivity index (χ4v) is 1.53. The Kier molecular flexibility index (Phi) is 2.64. The summed E-state index contributed by atoms with van der Waals surface area (Å²) in [6.45, 7) is 7.47. The molecule has 0 unspecified atom stereocenters. The van der Waals surface area contributed by atoms with Crippen molar-refractivity contribution in [2.45, 2.75) is 6.42 Å². The second-order valence-corrected chi connectivity index (χ2v) is 3.15. The summed E-state index contributed by atoms with van der Waals surface area (Å²) >= 11 is 0. The molecule has 2 rings (SSSR count). The summed E-state index contributed by atoms with van der Waals surface area (Å²) < 4.78 is 15.7. The topological polar surface area (TPSA) is 32.0 Å². The first-order valence-corrected chi connectivity index (χ1v) is 4.65. The Bertz CT molecular complexity index is 409. The molecule has 1 heterocycles. The van der Waals surface area contributed by atoms with Crippen LogP contribution in [0.25, 0.3) is 4.85 Å². The van der Waals surface area contributed by atoms with E-state index in [1.54, 1.807) is 7.11 Å². The van der Waals surface area contributed by atoms with Crippen molar-refractivity contribution in [3.05, 3.63) is 29.1 Å². The Hall–Kier alpha value is -1.89. The SMILES string of the molecule is [C-]#[N+]CCc1cc2c(cc1OC)OCO2. The van der Waals surface area contributed by atoms with Crippen molar-refractivity contribution in [1.82, 2.24) is 0 Å². The third-order valence-electron chi connectivity index (χ3n) is 2.27. The molecule has 0 saturated heterocycles. The number of hydrogen-bond donors (Lipinski definition) is 0. The van der Waals surface area contributed by atoms with Crippen LogP contribution in [-0.4, -0.2) is 20.4 Å². The first-order valence-electron chi connectivity index (χ1n) is 4.65. The molecule has 0 amide bonds. The highest BCUT2D eigenvalue weighted by Gasteiger charge is 2.17. The van der Waals surface area contributed by atoms with Gasteiger partial charge in [0.2, 0.25) is 13.3 Å². The zero-order valence-corrected chi connectivity index (χ0v) is 8.45. The van der Waals surface area contributed by atoms with Crippen LogP contribution in [0.2, 0.25) is 0 Å². The van der Waals surface area contributed by atoms with Crippen molar-refractivity contribution in [1.29, 1.82) is 0 Å². The van der Waals surface area contributed by atoms with Crippen LogP contribution in [0.1, 0.15) is 5.56 Å². The van der Waals surface area contributed by atoms with Crippen molar-refractivity contribution in [2.75, 3.05) is 20.4 Å². The molecule has 4 heteroatoms. The second-order valence-electron chi connectivity index (χ2n) is 3.15. The molecular weight excluding hydrogens is 194 g/mol. The Balaban J connectivity index is 2.32. The van der Waals surface area contributed by atoms with E-state index in [4.69, 9.17) is 20.8 Å². The van der Waals surface area contributed by atoms with Gasteiger partial charge in [-0.25, -0.2) is 6.57 Å². The Morgan fingerprint density at radius 1 is 1.40 bits per heavy atom. The quantitative estimate of drug-likeness (QED) is 0.706. The van der Waals surface area contributed by atoms with Gasteiger partial charge in [-0.2, -0.15) is 0 Å². The van der Waals surface area contributed by atoms with Gasteiger partial charge in [0.25, 0.3) is 0 Å². The molecule has 0 aromatic heterocycles. The van der Waals surface area contributed by atoms with Gasteiger partial charge in [0.15, 0.2) is 11.5 Å². The summed E-state index contributed by atoms with van der Waals surface area (Å²) in [5.74, 6) is 2.19. The van der Waals surface area contributed by atoms with Crippen LogP contribution in [-0.2, 0) is 6.42 Å². The molecule has 1 aromatic rings. The van der Waals surface area contributed by atoms with Gasteiger partial charge in [0.1, 0.15) is 5.75 Å². The average Bonchev–Trinajstić information content (AvgIpc) is 2.71. The molecule has 0 radical (unpaired) electrons. The van der Waals surface area contributed by atoms with Gasteiger partial charge in [0, 0.05) is 18.1 Å². The fraction of sp³-hybridized carbons (Fsp3) is 0.364. The minimum absolute atomic E-state index is 0.255. The zero-order valence-electron chi connectivity index (χ0n) is 8.45. The van der Waals surface area contributed by atoms with Crippen molar-refractivity contribution in [2.24, 2.45) is 0 Å². The summed E-state index contributed by atoms with van der Waals surface area (Å²) in [5.41, 5.74) is 0.984. The molecule has 1 aromatic carbocycles. The number of benzene rings is 1. The van der Waals surface area contributed by atoms with E-state index >= 15 is 0 Å². The van der Waals surface area contributed by atoms with Crippen LogP contribution in [0.4, 0.5) is 0 Å². The molecule has 4 nitrogen and oxygen atoms in total. The first kappa shape index (κ1) is 9.66. The van der Waals surface area contributed by atoms with E-state index in [9.17, 15) is 0 Å². The third kappa shape index (κ3) is 1.82. The normalized spacial score (nSPS) is 12.3. The molecule has 0 N–H and O–H groups in total. The van der Waals surface area contributed by atoms with E-state index in [1.807, 2.05) is 12.1 Å². The number of methoxy groups -OCH3 is 1. The van der Waals surface area contributed by atoms with E-state index in [2.05, 4.69) is 4.85 Å². The van der Waals surface area contributed by atoms with E-state index in [0.717, 1.165) is 17.1 Å². The minimum atomic E-state index is 0.255. The minimum Gasteiger partial charge on any atom is -0.496 e. The number of fused-ring (bicyclic) bond motifs is 1. The van der Waals surface area contributed by atoms with Crippen LogP contribution in [0.15, 0.2) is 12.1 Å². The number of ether oxygens (including phenoxy) is 3. The molecule has 0 fully saturated rings. The van der Waals surface area contributed by atoms with Gasteiger partial charge in [0.05, 0.1) is 7.11 Å². The summed E-state index contributed by atoms with van der Waals surface area (Å²) in [4.78, 5) is 3.32. The highest BCUT2D eigenvalue weighted by atomic mass is 16.7. The van der Waals surface area contributed by atoms with Crippen molar-refractivity contribution in [3.8, 4) is 17.2 Å². The molecule has 0 aliphatic carbocycles. The van der Waals surface area contributed by atoms with Crippen LogP contribution >= 0.6 is 0 Å². The zero-order chi connectivity index (χ0) is 10.7. The van der Waals surface area contributed by atoms with Crippen molar-refractivity contribution in [3.63, 3.8) is 0 Å². The lowest BCUT2D eigenvalue weighted by atomic mass is 10.1. The van der Waals surface area contributed by atoms with Crippen molar-refractivity contribution < 1.29 is 14.2 Å². The summed E-state index contributed by atoms with van der Waals surface area (Å²) in [5, 5.41) is 0. The van der Waals surface area contributed by atoms with Crippen LogP contribution in [0, 0.1) is 6.57 Å². The van der Waals surface area contributed by atoms with Gasteiger partial charge in [-0.05, 0) is 6.07 Å². The van der Waals surface area contributed by atoms with E-state index in [0.29, 0.717) is 18.7 Å². The Labute approximate surface area is 88.2 Å². The maximum Gasteiger partial charge on any atom is 0.231 e. The van der Waals surface area contributed by atoms with Gasteiger partial charge in [-0.1, -0.05) is 0 Å². The fourth-order valence-electron chi connectivity index (χ4n) is 1.53. The van der Waals surface area contributed by atoms with Gasteiger partial charge in [-0.15, -0.1) is 0 Å². The van der Waals surface area contributed by atoms with Crippen LogP contribution in [0.3, 0.4) is 0 Å². The number of hydrogen-bond acceptors (Lipinski definition) is 3. The lowest BCUT2D eigenvalue weighted by molar-refractivity contribution is 0.174. The van der Waals surface area contributed by atoms with E-state index < -0.39 is 0 Å². The highest BCUT2D eigenvalue weighted by molar-refractivity contribution is 5.51. The predicted molar refractivity (Wildman–Crippen MR) is 54.3 cm³/mol. The first-order chi connectivity index (χ1) is 7.35. The maximum atomic E-state index is 6.76. The molecule has 78 valence electrons. The average molecular weight is 205 g/mol. The lowest BCUT2D eigenvalue weighted by Crippen LogP contribution is -1.94. The highest BCUT2D eigenvalue weighted by Crippen LogP contribution is 2.38. The third-order valence-corrected chi connectivity index (χ3v) is 2.27. The molecule has 0 spiro atoms. The predicted octanol–water partition coefficient (Wildman–Crippen LogP) is 1.89. The monoisotopic (exact) mass is 205 g/mol. The molecule has 0 saturated carbocycles. The number of nitrogens with zero attached hydrogens (tertiary/aromatic N) is 1. The van der Waals surface area contributed by atoms with Crippen LogP contribution < -0.4 is 14.2 Å². The Morgan fingerprint density at radius 2 is 2.13 bits per heavy atom. The van der Waals surface area contributed by atoms with Gasteiger partial charge < -0.3 is 19.1 Å². The smallest absolute Gasteiger partial charge is 0.231 e. The maximum absolute atomic E-state index is 6.76. The largest absolute Gasteiger partial charge is 0.496 e. The second kappa shape index (κ2) is 4.09. The summed E-state index contributed by atoms with van der Waals surface area (Å²) in [6.07, 6.45) is 0.670. The molecule has 1 aliphatic heterocycles. The standard InChI is InChI=1S/C11H11NO3/c1-12-4-3-8-5-10-11(15-7-14-10)6-9(8)13-2/h5-6H,3-4,7H2,2H3. The van der Waals surface area contributed by atoms with E-state index in [-0.39, 0.29) is 6.79 Å². The summed E-state index contributed by atoms with van der Waals surface area (Å²) in [7, 11) is 1.61. The molecule has 15 heavy (non-hydrogen) atoms. The molecule has 1 aliphatic rings. The van der Waals surface area contributed by atoms with Gasteiger partial charge >= 0.3 is 0 Å². The lowest BCUT2D eigenvalue weighted by Gasteiger charge is -2.07. The van der Waals surface area contributed by atoms with Crippen LogP contribution in [0.5, 0.6) is 17.2 Å². The molecule has 0 bridgehead atoms.